The molecule has 1 aromatic carbocycles. The van der Waals surface area contributed by atoms with Crippen molar-refractivity contribution < 1.29 is 4.79 Å². The van der Waals surface area contributed by atoms with E-state index in [9.17, 15) is 4.79 Å². The van der Waals surface area contributed by atoms with Crippen LogP contribution < -0.4 is 4.90 Å². The van der Waals surface area contributed by atoms with Gasteiger partial charge >= 0.3 is 0 Å². The zero-order chi connectivity index (χ0) is 12.1. The molecule has 0 fully saturated rings. The summed E-state index contributed by atoms with van der Waals surface area (Å²) in [6.45, 7) is 3.55. The maximum Gasteiger partial charge on any atom is 0.159 e. The monoisotopic (exact) mass is 220 g/mol. The topological polar surface area (TPSA) is 23.6 Å². The lowest BCUT2D eigenvalue weighted by Gasteiger charge is -2.21. The fourth-order valence-electron chi connectivity index (χ4n) is 1.44. The second-order valence-corrected chi connectivity index (χ2v) is 4.33. The van der Waals surface area contributed by atoms with Crippen LogP contribution in [0.2, 0.25) is 0 Å². The van der Waals surface area contributed by atoms with Crippen LogP contribution in [0.3, 0.4) is 0 Å². The lowest BCUT2D eigenvalue weighted by molar-refractivity contribution is 0.101. The molecule has 0 saturated heterocycles. The highest BCUT2D eigenvalue weighted by molar-refractivity contribution is 5.94. The van der Waals surface area contributed by atoms with Crippen molar-refractivity contribution in [3.8, 4) is 0 Å². The van der Waals surface area contributed by atoms with Gasteiger partial charge in [0, 0.05) is 31.4 Å². The Balaban J connectivity index is 2.71. The molecule has 0 aliphatic rings. The third-order valence-electron chi connectivity index (χ3n) is 2.58. The number of carbonyl (C=O) groups excluding carboxylic acids is 1. The molecular weight excluding hydrogens is 200 g/mol. The minimum absolute atomic E-state index is 0.114. The fourth-order valence-corrected chi connectivity index (χ4v) is 1.44. The minimum atomic E-state index is 0.114. The smallest absolute Gasteiger partial charge is 0.159 e. The van der Waals surface area contributed by atoms with E-state index in [0.29, 0.717) is 0 Å². The molecule has 0 radical (unpaired) electrons. The van der Waals surface area contributed by atoms with Crippen LogP contribution in [0.5, 0.6) is 0 Å². The molecule has 0 amide bonds. The van der Waals surface area contributed by atoms with E-state index in [1.165, 1.54) is 0 Å². The van der Waals surface area contributed by atoms with E-state index in [0.717, 1.165) is 24.3 Å². The van der Waals surface area contributed by atoms with Crippen LogP contribution >= 0.6 is 0 Å². The van der Waals surface area contributed by atoms with Gasteiger partial charge in [-0.1, -0.05) is 12.1 Å². The van der Waals surface area contributed by atoms with Crippen molar-refractivity contribution in [2.24, 2.45) is 0 Å². The normalized spacial score (nSPS) is 10.6. The van der Waals surface area contributed by atoms with Crippen LogP contribution in [0.4, 0.5) is 5.69 Å². The number of anilines is 1. The Labute approximate surface area is 97.7 Å². The molecule has 16 heavy (non-hydrogen) atoms. The molecule has 0 bridgehead atoms. The standard InChI is InChI=1S/C13H20N2O/c1-11(16)12-6-5-7-13(10-12)15(4)9-8-14(2)3/h5-7,10H,8-9H2,1-4H3. The number of hydrogen-bond donors (Lipinski definition) is 0. The number of hydrogen-bond acceptors (Lipinski definition) is 3. The lowest BCUT2D eigenvalue weighted by atomic mass is 10.1. The molecule has 0 aromatic heterocycles. The first-order chi connectivity index (χ1) is 7.50. The van der Waals surface area contributed by atoms with Crippen LogP contribution in [0, 0.1) is 0 Å². The Morgan fingerprint density at radius 2 is 1.88 bits per heavy atom. The number of nitrogens with zero attached hydrogens (tertiary/aromatic N) is 2. The summed E-state index contributed by atoms with van der Waals surface area (Å²) in [6.07, 6.45) is 0. The first-order valence-electron chi connectivity index (χ1n) is 5.47. The van der Waals surface area contributed by atoms with Crippen molar-refractivity contribution in [2.45, 2.75) is 6.92 Å². The molecule has 3 heteroatoms. The Bertz CT molecular complexity index is 361. The molecule has 0 atom stereocenters. The largest absolute Gasteiger partial charge is 0.373 e. The average molecular weight is 220 g/mol. The Hall–Kier alpha value is -1.35. The number of Topliss-reactive ketones (excluding diaryl/α,β-unsaturated/α-hetero) is 1. The molecule has 3 nitrogen and oxygen atoms in total. The molecule has 0 aliphatic heterocycles. The molecule has 0 spiro atoms. The third-order valence-corrected chi connectivity index (χ3v) is 2.58. The van der Waals surface area contributed by atoms with Crippen molar-refractivity contribution in [3.63, 3.8) is 0 Å². The maximum atomic E-state index is 11.3. The van der Waals surface area contributed by atoms with E-state index >= 15 is 0 Å². The summed E-state index contributed by atoms with van der Waals surface area (Å²) in [5.74, 6) is 0.114. The molecule has 0 saturated carbocycles. The molecular formula is C13H20N2O. The highest BCUT2D eigenvalue weighted by atomic mass is 16.1. The second kappa shape index (κ2) is 5.66. The van der Waals surface area contributed by atoms with Gasteiger partial charge in [-0.3, -0.25) is 4.79 Å². The fraction of sp³-hybridized carbons (Fsp3) is 0.462. The van der Waals surface area contributed by atoms with Crippen LogP contribution in [-0.2, 0) is 0 Å². The third kappa shape index (κ3) is 3.66. The first kappa shape index (κ1) is 12.7. The van der Waals surface area contributed by atoms with Gasteiger partial charge in [-0.15, -0.1) is 0 Å². The number of benzene rings is 1. The molecule has 88 valence electrons. The Kier molecular flexibility index (Phi) is 4.50. The van der Waals surface area contributed by atoms with Crippen molar-refractivity contribution in [3.05, 3.63) is 29.8 Å². The quantitative estimate of drug-likeness (QED) is 0.708. The van der Waals surface area contributed by atoms with Crippen molar-refractivity contribution in [2.75, 3.05) is 39.1 Å². The zero-order valence-corrected chi connectivity index (χ0v) is 10.5. The summed E-state index contributed by atoms with van der Waals surface area (Å²) in [6, 6.07) is 7.75. The van der Waals surface area contributed by atoms with E-state index in [4.69, 9.17) is 0 Å². The van der Waals surface area contributed by atoms with Gasteiger partial charge in [0.05, 0.1) is 0 Å². The van der Waals surface area contributed by atoms with Gasteiger partial charge in [0.25, 0.3) is 0 Å². The lowest BCUT2D eigenvalue weighted by Crippen LogP contribution is -2.28. The van der Waals surface area contributed by atoms with E-state index < -0.39 is 0 Å². The van der Waals surface area contributed by atoms with Gasteiger partial charge < -0.3 is 9.80 Å². The Morgan fingerprint density at radius 1 is 1.19 bits per heavy atom. The molecule has 0 unspecified atom stereocenters. The van der Waals surface area contributed by atoms with Crippen LogP contribution in [0.15, 0.2) is 24.3 Å². The van der Waals surface area contributed by atoms with Crippen LogP contribution in [0.1, 0.15) is 17.3 Å². The maximum absolute atomic E-state index is 11.3. The van der Waals surface area contributed by atoms with Crippen molar-refractivity contribution in [1.82, 2.24) is 4.90 Å². The second-order valence-electron chi connectivity index (χ2n) is 4.33. The van der Waals surface area contributed by atoms with Gasteiger partial charge in [0.1, 0.15) is 0 Å². The summed E-state index contributed by atoms with van der Waals surface area (Å²) < 4.78 is 0. The highest BCUT2D eigenvalue weighted by Gasteiger charge is 2.04. The van der Waals surface area contributed by atoms with E-state index in [1.54, 1.807) is 6.92 Å². The highest BCUT2D eigenvalue weighted by Crippen LogP contribution is 2.14. The molecule has 1 aromatic rings. The van der Waals surface area contributed by atoms with Gasteiger partial charge in [-0.05, 0) is 33.2 Å². The minimum Gasteiger partial charge on any atom is -0.373 e. The molecule has 0 aliphatic carbocycles. The van der Waals surface area contributed by atoms with Gasteiger partial charge in [-0.2, -0.15) is 0 Å². The van der Waals surface area contributed by atoms with E-state index in [2.05, 4.69) is 23.9 Å². The molecule has 0 N–H and O–H groups in total. The van der Waals surface area contributed by atoms with Gasteiger partial charge in [0.2, 0.25) is 0 Å². The number of ketones is 1. The average Bonchev–Trinajstić information content (AvgIpc) is 2.26. The van der Waals surface area contributed by atoms with Gasteiger partial charge in [0.15, 0.2) is 5.78 Å². The van der Waals surface area contributed by atoms with E-state index in [1.807, 2.05) is 31.3 Å². The van der Waals surface area contributed by atoms with Crippen molar-refractivity contribution in [1.29, 1.82) is 0 Å². The first-order valence-corrected chi connectivity index (χ1v) is 5.47. The van der Waals surface area contributed by atoms with Crippen LogP contribution in [-0.4, -0.2) is 44.9 Å². The summed E-state index contributed by atoms with van der Waals surface area (Å²) in [5.41, 5.74) is 1.86. The predicted octanol–water partition coefficient (Wildman–Crippen LogP) is 1.89. The number of rotatable bonds is 5. The molecule has 0 heterocycles. The predicted molar refractivity (Wildman–Crippen MR) is 68.3 cm³/mol. The zero-order valence-electron chi connectivity index (χ0n) is 10.5. The van der Waals surface area contributed by atoms with Crippen LogP contribution in [0.25, 0.3) is 0 Å². The van der Waals surface area contributed by atoms with Crippen molar-refractivity contribution >= 4 is 11.5 Å². The summed E-state index contributed by atoms with van der Waals surface area (Å²) >= 11 is 0. The number of likely N-dealkylation sites (N-methyl/N-ethyl adjacent to an activating group) is 2. The Morgan fingerprint density at radius 3 is 2.44 bits per heavy atom. The van der Waals surface area contributed by atoms with Gasteiger partial charge in [-0.25, -0.2) is 0 Å². The summed E-state index contributed by atoms with van der Waals surface area (Å²) in [5, 5.41) is 0. The summed E-state index contributed by atoms with van der Waals surface area (Å²) in [4.78, 5) is 15.6. The van der Waals surface area contributed by atoms with E-state index in [-0.39, 0.29) is 5.78 Å². The summed E-state index contributed by atoms with van der Waals surface area (Å²) in [7, 11) is 6.16. The molecule has 1 rings (SSSR count). The number of carbonyl (C=O) groups is 1. The SMILES string of the molecule is CC(=O)c1cccc(N(C)CCN(C)C)c1.